The summed E-state index contributed by atoms with van der Waals surface area (Å²) in [7, 11) is -0.0610. The van der Waals surface area contributed by atoms with E-state index in [-0.39, 0.29) is 11.5 Å². The van der Waals surface area contributed by atoms with Crippen LogP contribution in [-0.2, 0) is 23.7 Å². The van der Waals surface area contributed by atoms with Crippen LogP contribution in [0.25, 0.3) is 0 Å². The van der Waals surface area contributed by atoms with Crippen molar-refractivity contribution in [2.24, 2.45) is 13.0 Å². The Morgan fingerprint density at radius 2 is 2.05 bits per heavy atom. The molecule has 0 atom stereocenters. The Morgan fingerprint density at radius 3 is 2.58 bits per heavy atom. The van der Waals surface area contributed by atoms with Gasteiger partial charge in [-0.05, 0) is 24.8 Å². The normalized spacial score (nSPS) is 17.5. The van der Waals surface area contributed by atoms with E-state index in [1.54, 1.807) is 30.9 Å². The average molecular weight is 286 g/mol. The minimum atomic E-state index is -3.44. The topological polar surface area (TPSA) is 62.5 Å². The smallest absolute Gasteiger partial charge is 0.244 e. The predicted octanol–water partition coefficient (Wildman–Crippen LogP) is 1.33. The molecule has 0 aliphatic heterocycles. The number of aromatic nitrogens is 1. The van der Waals surface area contributed by atoms with E-state index < -0.39 is 10.0 Å². The first-order valence-corrected chi connectivity index (χ1v) is 8.11. The summed E-state index contributed by atoms with van der Waals surface area (Å²) in [5.41, 5.74) is 0.604. The van der Waals surface area contributed by atoms with Crippen molar-refractivity contribution >= 4 is 10.0 Å². The van der Waals surface area contributed by atoms with Crippen molar-refractivity contribution < 1.29 is 13.5 Å². The lowest BCUT2D eigenvalue weighted by Gasteiger charge is -2.20. The van der Waals surface area contributed by atoms with Crippen LogP contribution in [0.4, 0.5) is 0 Å². The van der Waals surface area contributed by atoms with Crippen LogP contribution in [0.2, 0.25) is 0 Å². The van der Waals surface area contributed by atoms with Gasteiger partial charge in [0.1, 0.15) is 4.90 Å². The molecule has 0 aromatic carbocycles. The molecule has 6 heteroatoms. The minimum Gasteiger partial charge on any atom is -0.390 e. The molecule has 5 nitrogen and oxygen atoms in total. The molecule has 0 amide bonds. The summed E-state index contributed by atoms with van der Waals surface area (Å²) >= 11 is 0. The molecule has 1 aliphatic rings. The van der Waals surface area contributed by atoms with Crippen LogP contribution in [0.1, 0.15) is 31.4 Å². The Balaban J connectivity index is 2.15. The lowest BCUT2D eigenvalue weighted by Crippen LogP contribution is -2.31. The maximum absolute atomic E-state index is 12.4. The van der Waals surface area contributed by atoms with Gasteiger partial charge in [0.25, 0.3) is 0 Å². The van der Waals surface area contributed by atoms with Crippen LogP contribution in [0.3, 0.4) is 0 Å². The lowest BCUT2D eigenvalue weighted by molar-refractivity contribution is 0.272. The highest BCUT2D eigenvalue weighted by molar-refractivity contribution is 7.89. The summed E-state index contributed by atoms with van der Waals surface area (Å²) in [6.07, 6.45) is 6.22. The number of aliphatic hydroxyl groups is 1. The zero-order valence-electron chi connectivity index (χ0n) is 11.5. The van der Waals surface area contributed by atoms with Crippen molar-refractivity contribution in [3.8, 4) is 0 Å². The van der Waals surface area contributed by atoms with Crippen LogP contribution in [0, 0.1) is 5.92 Å². The van der Waals surface area contributed by atoms with Crippen LogP contribution >= 0.6 is 0 Å². The van der Waals surface area contributed by atoms with Crippen LogP contribution in [-0.4, -0.2) is 36.0 Å². The third-order valence-corrected chi connectivity index (χ3v) is 5.73. The van der Waals surface area contributed by atoms with Crippen molar-refractivity contribution in [3.63, 3.8) is 0 Å². The van der Waals surface area contributed by atoms with Crippen molar-refractivity contribution in [3.05, 3.63) is 18.0 Å². The van der Waals surface area contributed by atoms with Gasteiger partial charge >= 0.3 is 0 Å². The van der Waals surface area contributed by atoms with E-state index in [9.17, 15) is 8.42 Å². The second kappa shape index (κ2) is 5.64. The van der Waals surface area contributed by atoms with E-state index >= 15 is 0 Å². The second-order valence-electron chi connectivity index (χ2n) is 5.37. The van der Waals surface area contributed by atoms with E-state index in [1.165, 1.54) is 17.1 Å². The molecular weight excluding hydrogens is 264 g/mol. The lowest BCUT2D eigenvalue weighted by atomic mass is 10.1. The standard InChI is InChI=1S/C13H22N2O3S/c1-14-9-13(7-12(14)10-16)19(17,18)15(2)8-11-5-3-4-6-11/h7,9,11,16H,3-6,8,10H2,1-2H3. The van der Waals surface area contributed by atoms with Gasteiger partial charge in [-0.25, -0.2) is 12.7 Å². The first-order chi connectivity index (χ1) is 8.95. The molecule has 2 rings (SSSR count). The van der Waals surface area contributed by atoms with Gasteiger partial charge in [-0.2, -0.15) is 0 Å². The molecule has 1 N–H and O–H groups in total. The highest BCUT2D eigenvalue weighted by atomic mass is 32.2. The molecule has 0 radical (unpaired) electrons. The zero-order chi connectivity index (χ0) is 14.0. The number of hydrogen-bond acceptors (Lipinski definition) is 3. The zero-order valence-corrected chi connectivity index (χ0v) is 12.4. The van der Waals surface area contributed by atoms with Gasteiger partial charge in [0.2, 0.25) is 10.0 Å². The van der Waals surface area contributed by atoms with Gasteiger partial charge in [-0.15, -0.1) is 0 Å². The maximum atomic E-state index is 12.4. The summed E-state index contributed by atoms with van der Waals surface area (Å²) in [6, 6.07) is 1.54. The Labute approximate surface area is 114 Å². The first-order valence-electron chi connectivity index (χ1n) is 6.67. The van der Waals surface area contributed by atoms with Crippen molar-refractivity contribution in [1.82, 2.24) is 8.87 Å². The summed E-state index contributed by atoms with van der Waals surface area (Å²) < 4.78 is 28.0. The van der Waals surface area contributed by atoms with Gasteiger partial charge < -0.3 is 9.67 Å². The van der Waals surface area contributed by atoms with Gasteiger partial charge in [-0.1, -0.05) is 12.8 Å². The summed E-state index contributed by atoms with van der Waals surface area (Å²) in [5, 5.41) is 9.14. The van der Waals surface area contributed by atoms with Gasteiger partial charge in [-0.3, -0.25) is 0 Å². The number of sulfonamides is 1. The molecule has 1 fully saturated rings. The third kappa shape index (κ3) is 3.01. The van der Waals surface area contributed by atoms with Gasteiger partial charge in [0.05, 0.1) is 6.61 Å². The largest absolute Gasteiger partial charge is 0.390 e. The molecule has 108 valence electrons. The van der Waals surface area contributed by atoms with E-state index in [4.69, 9.17) is 5.11 Å². The molecule has 0 spiro atoms. The number of aryl methyl sites for hydroxylation is 1. The van der Waals surface area contributed by atoms with E-state index in [1.807, 2.05) is 0 Å². The monoisotopic (exact) mass is 286 g/mol. The highest BCUT2D eigenvalue weighted by Gasteiger charge is 2.26. The molecular formula is C13H22N2O3S. The number of aliphatic hydroxyl groups excluding tert-OH is 1. The molecule has 19 heavy (non-hydrogen) atoms. The van der Waals surface area contributed by atoms with Crippen LogP contribution in [0.5, 0.6) is 0 Å². The van der Waals surface area contributed by atoms with E-state index in [0.29, 0.717) is 18.2 Å². The maximum Gasteiger partial charge on any atom is 0.244 e. The quantitative estimate of drug-likeness (QED) is 0.888. The molecule has 0 unspecified atom stereocenters. The van der Waals surface area contributed by atoms with Crippen LogP contribution in [0.15, 0.2) is 17.2 Å². The SMILES string of the molecule is CN(CC1CCCC1)S(=O)(=O)c1cc(CO)n(C)c1. The summed E-state index contributed by atoms with van der Waals surface area (Å²) in [4.78, 5) is 0.263. The Kier molecular flexibility index (Phi) is 4.32. The molecule has 1 saturated carbocycles. The number of hydrogen-bond donors (Lipinski definition) is 1. The van der Waals surface area contributed by atoms with Crippen molar-refractivity contribution in [2.45, 2.75) is 37.2 Å². The molecule has 0 bridgehead atoms. The molecule has 1 aromatic heterocycles. The van der Waals surface area contributed by atoms with E-state index in [2.05, 4.69) is 0 Å². The Hall–Kier alpha value is -0.850. The molecule has 1 aromatic rings. The van der Waals surface area contributed by atoms with Gasteiger partial charge in [0.15, 0.2) is 0 Å². The molecule has 1 aliphatic carbocycles. The predicted molar refractivity (Wildman–Crippen MR) is 73.1 cm³/mol. The number of rotatable bonds is 5. The third-order valence-electron chi connectivity index (χ3n) is 3.94. The summed E-state index contributed by atoms with van der Waals surface area (Å²) in [5.74, 6) is 0.487. The Bertz CT molecular complexity index is 530. The fourth-order valence-electron chi connectivity index (χ4n) is 2.71. The van der Waals surface area contributed by atoms with E-state index in [0.717, 1.165) is 12.8 Å². The fraction of sp³-hybridized carbons (Fsp3) is 0.692. The Morgan fingerprint density at radius 1 is 1.42 bits per heavy atom. The highest BCUT2D eigenvalue weighted by Crippen LogP contribution is 2.27. The van der Waals surface area contributed by atoms with Crippen LogP contribution < -0.4 is 0 Å². The van der Waals surface area contributed by atoms with Crippen molar-refractivity contribution in [1.29, 1.82) is 0 Å². The van der Waals surface area contributed by atoms with Crippen molar-refractivity contribution in [2.75, 3.05) is 13.6 Å². The minimum absolute atomic E-state index is 0.154. The first kappa shape index (κ1) is 14.6. The summed E-state index contributed by atoms with van der Waals surface area (Å²) in [6.45, 7) is 0.435. The fourth-order valence-corrected chi connectivity index (χ4v) is 4.05. The molecule has 0 saturated heterocycles. The van der Waals surface area contributed by atoms with Gasteiger partial charge in [0, 0.05) is 32.5 Å². The number of nitrogens with zero attached hydrogens (tertiary/aromatic N) is 2. The average Bonchev–Trinajstić information content (AvgIpc) is 2.98. The molecule has 1 heterocycles. The second-order valence-corrected chi connectivity index (χ2v) is 7.42.